The van der Waals surface area contributed by atoms with Crippen molar-refractivity contribution in [1.82, 2.24) is 0 Å². The van der Waals surface area contributed by atoms with Gasteiger partial charge in [-0.1, -0.05) is 31.9 Å². The van der Waals surface area contributed by atoms with Crippen LogP contribution in [-0.4, -0.2) is 35.1 Å². The van der Waals surface area contributed by atoms with Gasteiger partial charge in [0.2, 0.25) is 0 Å². The molecule has 0 aliphatic heterocycles. The summed E-state index contributed by atoms with van der Waals surface area (Å²) in [6.07, 6.45) is 4.46. The van der Waals surface area contributed by atoms with E-state index in [4.69, 9.17) is 5.11 Å². The maximum atomic E-state index is 10.5. The normalized spacial score (nSPS) is 11.9. The molecular weight excluding hydrogens is 294 g/mol. The van der Waals surface area contributed by atoms with E-state index in [2.05, 4.69) is 12.2 Å². The first kappa shape index (κ1) is 21.1. The standard InChI is InChI=1S/C10H20O2.C8H9NO2/c1-9(6-8-11)5-4-7-10(2,3)12;1-9-7-5-3-2-4-6(7)8(10)11/h8-9,12H,4-7H2,1-3H3;2-5,9H,1H3,(H,10,11). The number of aromatic carboxylic acids is 1. The van der Waals surface area contributed by atoms with Gasteiger partial charge in [-0.2, -0.15) is 0 Å². The molecule has 0 bridgehead atoms. The van der Waals surface area contributed by atoms with Crippen molar-refractivity contribution in [3.63, 3.8) is 0 Å². The summed E-state index contributed by atoms with van der Waals surface area (Å²) in [5.74, 6) is -0.445. The van der Waals surface area contributed by atoms with Gasteiger partial charge in [-0.15, -0.1) is 0 Å². The minimum absolute atomic E-state index is 0.301. The van der Waals surface area contributed by atoms with Gasteiger partial charge in [0.15, 0.2) is 0 Å². The Balaban J connectivity index is 0.000000422. The number of benzene rings is 1. The number of nitrogens with one attached hydrogen (secondary N) is 1. The van der Waals surface area contributed by atoms with Crippen LogP contribution in [-0.2, 0) is 4.79 Å². The number of rotatable bonds is 8. The number of aldehydes is 1. The van der Waals surface area contributed by atoms with Crippen molar-refractivity contribution < 1.29 is 19.8 Å². The molecule has 0 saturated heterocycles. The smallest absolute Gasteiger partial charge is 0.337 e. The van der Waals surface area contributed by atoms with Gasteiger partial charge in [0.05, 0.1) is 11.2 Å². The third-order valence-corrected chi connectivity index (χ3v) is 3.41. The molecule has 0 spiro atoms. The Morgan fingerprint density at radius 1 is 1.35 bits per heavy atom. The zero-order chi connectivity index (χ0) is 17.9. The highest BCUT2D eigenvalue weighted by atomic mass is 16.4. The number of carbonyl (C=O) groups is 2. The first-order chi connectivity index (χ1) is 10.7. The second kappa shape index (κ2) is 10.8. The average Bonchev–Trinajstić information content (AvgIpc) is 2.46. The molecule has 1 unspecified atom stereocenters. The highest BCUT2D eigenvalue weighted by Gasteiger charge is 2.12. The molecule has 0 amide bonds. The summed E-state index contributed by atoms with van der Waals surface area (Å²) in [5, 5.41) is 20.8. The number of para-hydroxylation sites is 1. The van der Waals surface area contributed by atoms with Gasteiger partial charge in [-0.05, 0) is 38.3 Å². The largest absolute Gasteiger partial charge is 0.478 e. The average molecular weight is 323 g/mol. The number of carboxylic acids is 1. The van der Waals surface area contributed by atoms with Crippen LogP contribution in [0.3, 0.4) is 0 Å². The predicted molar refractivity (Wildman–Crippen MR) is 92.9 cm³/mol. The number of anilines is 1. The quantitative estimate of drug-likeness (QED) is 0.637. The Kier molecular flexibility index (Phi) is 9.90. The van der Waals surface area contributed by atoms with Gasteiger partial charge in [0, 0.05) is 19.2 Å². The molecule has 5 heteroatoms. The van der Waals surface area contributed by atoms with Crippen LogP contribution in [0.15, 0.2) is 24.3 Å². The molecule has 0 fully saturated rings. The van der Waals surface area contributed by atoms with Gasteiger partial charge in [0.1, 0.15) is 6.29 Å². The molecule has 3 N–H and O–H groups in total. The van der Waals surface area contributed by atoms with Crippen molar-refractivity contribution in [2.75, 3.05) is 12.4 Å². The minimum Gasteiger partial charge on any atom is -0.478 e. The molecule has 0 radical (unpaired) electrons. The van der Waals surface area contributed by atoms with Crippen molar-refractivity contribution in [3.8, 4) is 0 Å². The van der Waals surface area contributed by atoms with E-state index in [0.717, 1.165) is 25.5 Å². The summed E-state index contributed by atoms with van der Waals surface area (Å²) in [6, 6.07) is 6.78. The van der Waals surface area contributed by atoms with Gasteiger partial charge in [-0.25, -0.2) is 4.79 Å². The fourth-order valence-corrected chi connectivity index (χ4v) is 2.05. The predicted octanol–water partition coefficient (Wildman–Crippen LogP) is 3.58. The van der Waals surface area contributed by atoms with Gasteiger partial charge < -0.3 is 20.3 Å². The van der Waals surface area contributed by atoms with Crippen LogP contribution in [0, 0.1) is 5.92 Å². The van der Waals surface area contributed by atoms with Gasteiger partial charge >= 0.3 is 5.97 Å². The van der Waals surface area contributed by atoms with Gasteiger partial charge in [-0.3, -0.25) is 0 Å². The summed E-state index contributed by atoms with van der Waals surface area (Å²) in [5.41, 5.74) is 0.385. The van der Waals surface area contributed by atoms with Crippen LogP contribution in [0.4, 0.5) is 5.69 Å². The lowest BCUT2D eigenvalue weighted by Gasteiger charge is -2.17. The number of carboxylic acid groups (broad SMARTS) is 1. The van der Waals surface area contributed by atoms with Crippen molar-refractivity contribution >= 4 is 17.9 Å². The van der Waals surface area contributed by atoms with Crippen LogP contribution < -0.4 is 5.32 Å². The molecule has 0 aliphatic rings. The zero-order valence-electron chi connectivity index (χ0n) is 14.5. The fourth-order valence-electron chi connectivity index (χ4n) is 2.05. The molecular formula is C18H29NO4. The van der Waals surface area contributed by atoms with Crippen molar-refractivity contribution in [1.29, 1.82) is 0 Å². The fraction of sp³-hybridized carbons (Fsp3) is 0.556. The van der Waals surface area contributed by atoms with Crippen LogP contribution in [0.5, 0.6) is 0 Å². The van der Waals surface area contributed by atoms with Crippen molar-refractivity contribution in [2.45, 2.75) is 52.1 Å². The third kappa shape index (κ3) is 10.5. The van der Waals surface area contributed by atoms with Gasteiger partial charge in [0.25, 0.3) is 0 Å². The van der Waals surface area contributed by atoms with Crippen LogP contribution >= 0.6 is 0 Å². The first-order valence-electron chi connectivity index (χ1n) is 7.87. The van der Waals surface area contributed by atoms with Crippen LogP contribution in [0.2, 0.25) is 0 Å². The molecule has 0 heterocycles. The zero-order valence-corrected chi connectivity index (χ0v) is 14.5. The molecule has 23 heavy (non-hydrogen) atoms. The Morgan fingerprint density at radius 2 is 1.96 bits per heavy atom. The Morgan fingerprint density at radius 3 is 2.39 bits per heavy atom. The molecule has 1 atom stereocenters. The summed E-state index contributed by atoms with van der Waals surface area (Å²) < 4.78 is 0. The lowest BCUT2D eigenvalue weighted by atomic mass is 9.96. The van der Waals surface area contributed by atoms with Crippen molar-refractivity contribution in [2.24, 2.45) is 5.92 Å². The maximum absolute atomic E-state index is 10.5. The molecule has 5 nitrogen and oxygen atoms in total. The van der Waals surface area contributed by atoms with E-state index in [-0.39, 0.29) is 0 Å². The monoisotopic (exact) mass is 323 g/mol. The Bertz CT molecular complexity index is 480. The van der Waals surface area contributed by atoms with E-state index in [9.17, 15) is 14.7 Å². The van der Waals surface area contributed by atoms with E-state index in [0.29, 0.717) is 23.6 Å². The van der Waals surface area contributed by atoms with Crippen LogP contribution in [0.25, 0.3) is 0 Å². The number of hydrogen-bond acceptors (Lipinski definition) is 4. The molecule has 0 aromatic heterocycles. The molecule has 1 rings (SSSR count). The Labute approximate surface area is 138 Å². The topological polar surface area (TPSA) is 86.6 Å². The summed E-state index contributed by atoms with van der Waals surface area (Å²) in [7, 11) is 1.70. The SMILES string of the molecule is CC(CC=O)CCCC(C)(C)O.CNc1ccccc1C(=O)O. The van der Waals surface area contributed by atoms with E-state index >= 15 is 0 Å². The Hall–Kier alpha value is -1.88. The lowest BCUT2D eigenvalue weighted by Crippen LogP contribution is -2.18. The summed E-state index contributed by atoms with van der Waals surface area (Å²) in [6.45, 7) is 5.70. The summed E-state index contributed by atoms with van der Waals surface area (Å²) in [4.78, 5) is 20.7. The molecule has 130 valence electrons. The molecule has 1 aromatic carbocycles. The van der Waals surface area contributed by atoms with E-state index < -0.39 is 11.6 Å². The minimum atomic E-state index is -0.907. The van der Waals surface area contributed by atoms with E-state index in [1.54, 1.807) is 31.3 Å². The number of aliphatic hydroxyl groups is 1. The van der Waals surface area contributed by atoms with E-state index in [1.807, 2.05) is 13.8 Å². The summed E-state index contributed by atoms with van der Waals surface area (Å²) >= 11 is 0. The second-order valence-electron chi connectivity index (χ2n) is 6.31. The highest BCUT2D eigenvalue weighted by molar-refractivity contribution is 5.94. The number of carbonyl (C=O) groups excluding carboxylic acids is 1. The highest BCUT2D eigenvalue weighted by Crippen LogP contribution is 2.16. The number of hydrogen-bond donors (Lipinski definition) is 3. The first-order valence-corrected chi connectivity index (χ1v) is 7.87. The lowest BCUT2D eigenvalue weighted by molar-refractivity contribution is -0.108. The molecule has 0 aliphatic carbocycles. The second-order valence-corrected chi connectivity index (χ2v) is 6.31. The van der Waals surface area contributed by atoms with Crippen molar-refractivity contribution in [3.05, 3.63) is 29.8 Å². The molecule has 1 aromatic rings. The molecule has 0 saturated carbocycles. The third-order valence-electron chi connectivity index (χ3n) is 3.41. The van der Waals surface area contributed by atoms with E-state index in [1.165, 1.54) is 0 Å². The van der Waals surface area contributed by atoms with Crippen LogP contribution in [0.1, 0.15) is 56.8 Å². The maximum Gasteiger partial charge on any atom is 0.337 e.